The summed E-state index contributed by atoms with van der Waals surface area (Å²) >= 11 is 2.62. The number of benzene rings is 1. The smallest absolute Gasteiger partial charge is 0.317 e. The molecule has 0 aliphatic carbocycles. The molecule has 2 rings (SSSR count). The number of carboxylic acids is 2. The Balaban J connectivity index is 1.99. The van der Waals surface area contributed by atoms with Gasteiger partial charge >= 0.3 is 11.9 Å². The Labute approximate surface area is 112 Å². The highest BCUT2D eigenvalue weighted by molar-refractivity contribution is 8.18. The standard InChI is InChI=1S/C11H11NO4S2/c13-9(14)5-8(10(15)16)18-11-12-6-3-1-2-4-7(6)17-11/h1-4,8,11-12H,5H2,(H,13,14)(H,15,16)/t8-,11+/m0/s1. The van der Waals surface area contributed by atoms with E-state index in [1.165, 1.54) is 11.8 Å². The molecule has 1 heterocycles. The molecule has 0 saturated carbocycles. The molecule has 0 unspecified atom stereocenters. The maximum absolute atomic E-state index is 11.0. The normalized spacial score (nSPS) is 18.8. The van der Waals surface area contributed by atoms with E-state index in [9.17, 15) is 9.59 Å². The van der Waals surface area contributed by atoms with Gasteiger partial charge in [0.05, 0.1) is 6.42 Å². The number of rotatable bonds is 5. The molecule has 0 spiro atoms. The first-order valence-corrected chi connectivity index (χ1v) is 7.01. The summed E-state index contributed by atoms with van der Waals surface area (Å²) in [6, 6.07) is 7.66. The number of carbonyl (C=O) groups is 2. The average Bonchev–Trinajstić information content (AvgIpc) is 2.69. The van der Waals surface area contributed by atoms with E-state index in [1.54, 1.807) is 0 Å². The lowest BCUT2D eigenvalue weighted by molar-refractivity contribution is -0.142. The molecule has 7 heteroatoms. The van der Waals surface area contributed by atoms with Gasteiger partial charge in [-0.15, -0.1) is 11.8 Å². The lowest BCUT2D eigenvalue weighted by Gasteiger charge is -2.15. The first kappa shape index (κ1) is 13.1. The van der Waals surface area contributed by atoms with E-state index >= 15 is 0 Å². The van der Waals surface area contributed by atoms with Crippen molar-refractivity contribution in [1.29, 1.82) is 0 Å². The minimum absolute atomic E-state index is 0.164. The van der Waals surface area contributed by atoms with Crippen molar-refractivity contribution >= 4 is 41.1 Å². The van der Waals surface area contributed by atoms with Gasteiger partial charge in [0.1, 0.15) is 9.96 Å². The third-order valence-corrected chi connectivity index (χ3v) is 4.94. The van der Waals surface area contributed by atoms with Crippen LogP contribution in [0.1, 0.15) is 6.42 Å². The van der Waals surface area contributed by atoms with E-state index in [4.69, 9.17) is 10.2 Å². The van der Waals surface area contributed by atoms with Gasteiger partial charge in [0.2, 0.25) is 0 Å². The lowest BCUT2D eigenvalue weighted by Crippen LogP contribution is -2.24. The van der Waals surface area contributed by atoms with Gasteiger partial charge in [-0.2, -0.15) is 0 Å². The summed E-state index contributed by atoms with van der Waals surface area (Å²) in [4.78, 5) is 22.6. The number of para-hydroxylation sites is 1. The second-order valence-corrected chi connectivity index (χ2v) is 6.41. The molecule has 5 nitrogen and oxygen atoms in total. The Morgan fingerprint density at radius 1 is 1.39 bits per heavy atom. The second kappa shape index (κ2) is 5.53. The summed E-state index contributed by atoms with van der Waals surface area (Å²) < 4.78 is -0.164. The van der Waals surface area contributed by atoms with Crippen LogP contribution in [0.5, 0.6) is 0 Å². The second-order valence-electron chi connectivity index (χ2n) is 3.65. The molecule has 1 aromatic carbocycles. The summed E-state index contributed by atoms with van der Waals surface area (Å²) in [5, 5.41) is 19.9. The molecule has 0 saturated heterocycles. The fourth-order valence-electron chi connectivity index (χ4n) is 1.52. The fraction of sp³-hybridized carbons (Fsp3) is 0.273. The van der Waals surface area contributed by atoms with Crippen LogP contribution in [0.3, 0.4) is 0 Å². The van der Waals surface area contributed by atoms with Crippen molar-refractivity contribution in [2.75, 3.05) is 5.32 Å². The predicted octanol–water partition coefficient (Wildman–Crippen LogP) is 2.15. The minimum atomic E-state index is -1.10. The minimum Gasteiger partial charge on any atom is -0.481 e. The van der Waals surface area contributed by atoms with Gasteiger partial charge in [0.25, 0.3) is 0 Å². The number of hydrogen-bond donors (Lipinski definition) is 3. The zero-order valence-corrected chi connectivity index (χ0v) is 10.8. The summed E-state index contributed by atoms with van der Waals surface area (Å²) in [5.74, 6) is -2.20. The van der Waals surface area contributed by atoms with Crippen molar-refractivity contribution in [1.82, 2.24) is 0 Å². The molecule has 0 aromatic heterocycles. The first-order valence-electron chi connectivity index (χ1n) is 5.18. The third kappa shape index (κ3) is 3.11. The Hall–Kier alpha value is -1.34. The van der Waals surface area contributed by atoms with Crippen molar-refractivity contribution in [3.63, 3.8) is 0 Å². The van der Waals surface area contributed by atoms with Gasteiger partial charge in [0.15, 0.2) is 0 Å². The number of thioether (sulfide) groups is 2. The lowest BCUT2D eigenvalue weighted by atomic mass is 10.3. The average molecular weight is 285 g/mol. The molecular weight excluding hydrogens is 274 g/mol. The van der Waals surface area contributed by atoms with Crippen LogP contribution < -0.4 is 5.32 Å². The van der Waals surface area contributed by atoms with Crippen LogP contribution in [-0.2, 0) is 9.59 Å². The fourth-order valence-corrected chi connectivity index (χ4v) is 4.14. The Morgan fingerprint density at radius 3 is 2.72 bits per heavy atom. The summed E-state index contributed by atoms with van der Waals surface area (Å²) in [7, 11) is 0. The van der Waals surface area contributed by atoms with Gasteiger partial charge in [-0.1, -0.05) is 23.9 Å². The van der Waals surface area contributed by atoms with E-state index in [0.29, 0.717) is 0 Å². The first-order chi connectivity index (χ1) is 8.56. The predicted molar refractivity (Wildman–Crippen MR) is 71.0 cm³/mol. The number of aliphatic carboxylic acids is 2. The SMILES string of the molecule is O=C(O)C[C@H](S[C@@H]1Nc2ccccc2S1)C(=O)O. The van der Waals surface area contributed by atoms with Crippen molar-refractivity contribution < 1.29 is 19.8 Å². The van der Waals surface area contributed by atoms with Crippen LogP contribution in [-0.4, -0.2) is 32.1 Å². The summed E-state index contributed by atoms with van der Waals surface area (Å²) in [6.07, 6.45) is -0.380. The maximum Gasteiger partial charge on any atom is 0.317 e. The molecule has 1 aliphatic heterocycles. The van der Waals surface area contributed by atoms with E-state index < -0.39 is 17.2 Å². The van der Waals surface area contributed by atoms with Crippen LogP contribution in [0.15, 0.2) is 29.2 Å². The van der Waals surface area contributed by atoms with E-state index in [0.717, 1.165) is 22.3 Å². The molecule has 1 aliphatic rings. The quantitative estimate of drug-likeness (QED) is 0.764. The highest BCUT2D eigenvalue weighted by atomic mass is 32.2. The van der Waals surface area contributed by atoms with Crippen LogP contribution >= 0.6 is 23.5 Å². The van der Waals surface area contributed by atoms with Crippen molar-refractivity contribution in [3.05, 3.63) is 24.3 Å². The molecule has 18 heavy (non-hydrogen) atoms. The molecule has 3 N–H and O–H groups in total. The van der Waals surface area contributed by atoms with Gasteiger partial charge in [-0.3, -0.25) is 9.59 Å². The maximum atomic E-state index is 11.0. The van der Waals surface area contributed by atoms with Gasteiger partial charge in [-0.25, -0.2) is 0 Å². The molecule has 0 amide bonds. The zero-order valence-electron chi connectivity index (χ0n) is 9.20. The number of nitrogens with one attached hydrogen (secondary N) is 1. The van der Waals surface area contributed by atoms with E-state index in [-0.39, 0.29) is 11.1 Å². The Morgan fingerprint density at radius 2 is 2.11 bits per heavy atom. The third-order valence-electron chi connectivity index (χ3n) is 2.32. The van der Waals surface area contributed by atoms with Crippen LogP contribution in [0, 0.1) is 0 Å². The summed E-state index contributed by atoms with van der Waals surface area (Å²) in [5.41, 5.74) is 0.958. The Bertz CT molecular complexity index is 455. The molecule has 1 aromatic rings. The van der Waals surface area contributed by atoms with Gasteiger partial charge < -0.3 is 15.5 Å². The highest BCUT2D eigenvalue weighted by Gasteiger charge is 2.29. The van der Waals surface area contributed by atoms with Crippen molar-refractivity contribution in [2.45, 2.75) is 21.3 Å². The van der Waals surface area contributed by atoms with Crippen LogP contribution in [0.2, 0.25) is 0 Å². The van der Waals surface area contributed by atoms with E-state index in [1.807, 2.05) is 24.3 Å². The Kier molecular flexibility index (Phi) is 4.03. The number of fused-ring (bicyclic) bond motifs is 1. The molecule has 0 fully saturated rings. The topological polar surface area (TPSA) is 86.6 Å². The number of carboxylic acid groups (broad SMARTS) is 2. The molecule has 0 bridgehead atoms. The monoisotopic (exact) mass is 285 g/mol. The molecule has 2 atom stereocenters. The van der Waals surface area contributed by atoms with Crippen molar-refractivity contribution in [3.8, 4) is 0 Å². The molecule has 96 valence electrons. The van der Waals surface area contributed by atoms with Gasteiger partial charge in [0, 0.05) is 10.6 Å². The number of anilines is 1. The van der Waals surface area contributed by atoms with E-state index in [2.05, 4.69) is 5.32 Å². The van der Waals surface area contributed by atoms with Crippen molar-refractivity contribution in [2.24, 2.45) is 0 Å². The summed E-state index contributed by atoms with van der Waals surface area (Å²) in [6.45, 7) is 0. The number of hydrogen-bond acceptors (Lipinski definition) is 5. The van der Waals surface area contributed by atoms with Gasteiger partial charge in [-0.05, 0) is 12.1 Å². The molecular formula is C11H11NO4S2. The zero-order chi connectivity index (χ0) is 13.1. The highest BCUT2D eigenvalue weighted by Crippen LogP contribution is 2.44. The molecule has 0 radical (unpaired) electrons. The largest absolute Gasteiger partial charge is 0.481 e. The van der Waals surface area contributed by atoms with Crippen LogP contribution in [0.25, 0.3) is 0 Å². The van der Waals surface area contributed by atoms with Crippen LogP contribution in [0.4, 0.5) is 5.69 Å².